The van der Waals surface area contributed by atoms with Crippen LogP contribution in [0.1, 0.15) is 27.9 Å². The van der Waals surface area contributed by atoms with Crippen molar-refractivity contribution in [2.45, 2.75) is 19.3 Å². The fourth-order valence-corrected chi connectivity index (χ4v) is 2.55. The van der Waals surface area contributed by atoms with Gasteiger partial charge in [-0.2, -0.15) is 0 Å². The van der Waals surface area contributed by atoms with Gasteiger partial charge in [0.05, 0.1) is 6.61 Å². The standard InChI is InChI=1S/C17H15ClO2/c18-15-6-3-12(4-7-15)10-16(19)13-5-8-17-14(11-13)2-1-9-20-17/h3-8,11H,1-2,9-10H2. The second-order valence-corrected chi connectivity index (χ2v) is 5.44. The molecule has 0 aromatic heterocycles. The first-order valence-corrected chi connectivity index (χ1v) is 7.13. The number of aryl methyl sites for hydroxylation is 1. The maximum atomic E-state index is 12.3. The molecule has 3 rings (SSSR count). The van der Waals surface area contributed by atoms with E-state index in [1.165, 1.54) is 0 Å². The molecule has 0 atom stereocenters. The third-order valence-electron chi connectivity index (χ3n) is 3.51. The lowest BCUT2D eigenvalue weighted by molar-refractivity contribution is 0.0993. The molecule has 0 N–H and O–H groups in total. The zero-order valence-corrected chi connectivity index (χ0v) is 11.8. The first kappa shape index (κ1) is 13.2. The van der Waals surface area contributed by atoms with Crippen molar-refractivity contribution in [2.75, 3.05) is 6.61 Å². The summed E-state index contributed by atoms with van der Waals surface area (Å²) in [6.07, 6.45) is 2.40. The van der Waals surface area contributed by atoms with Crippen LogP contribution in [0.3, 0.4) is 0 Å². The molecule has 0 radical (unpaired) electrons. The summed E-state index contributed by atoms with van der Waals surface area (Å²) in [6, 6.07) is 13.1. The highest BCUT2D eigenvalue weighted by Gasteiger charge is 2.14. The molecule has 1 heterocycles. The van der Waals surface area contributed by atoms with Gasteiger partial charge in [0, 0.05) is 17.0 Å². The fourth-order valence-electron chi connectivity index (χ4n) is 2.42. The largest absolute Gasteiger partial charge is 0.493 e. The average Bonchev–Trinajstić information content (AvgIpc) is 2.49. The van der Waals surface area contributed by atoms with Gasteiger partial charge in [-0.15, -0.1) is 0 Å². The Bertz CT molecular complexity index is 632. The van der Waals surface area contributed by atoms with Crippen LogP contribution in [0.2, 0.25) is 5.02 Å². The normalized spacial score (nSPS) is 13.4. The van der Waals surface area contributed by atoms with Crippen molar-refractivity contribution in [1.29, 1.82) is 0 Å². The predicted octanol–water partition coefficient (Wildman–Crippen LogP) is 4.09. The van der Waals surface area contributed by atoms with Gasteiger partial charge in [-0.25, -0.2) is 0 Å². The summed E-state index contributed by atoms with van der Waals surface area (Å²) in [5.41, 5.74) is 2.87. The lowest BCUT2D eigenvalue weighted by atomic mass is 9.98. The summed E-state index contributed by atoms with van der Waals surface area (Å²) in [6.45, 7) is 0.769. The molecule has 20 heavy (non-hydrogen) atoms. The number of fused-ring (bicyclic) bond motifs is 1. The highest BCUT2D eigenvalue weighted by atomic mass is 35.5. The Kier molecular flexibility index (Phi) is 3.75. The van der Waals surface area contributed by atoms with Crippen molar-refractivity contribution < 1.29 is 9.53 Å². The lowest BCUT2D eigenvalue weighted by Crippen LogP contribution is -2.10. The minimum Gasteiger partial charge on any atom is -0.493 e. The number of hydrogen-bond acceptors (Lipinski definition) is 2. The number of rotatable bonds is 3. The van der Waals surface area contributed by atoms with Gasteiger partial charge in [-0.05, 0) is 54.3 Å². The van der Waals surface area contributed by atoms with Gasteiger partial charge in [-0.3, -0.25) is 4.79 Å². The highest BCUT2D eigenvalue weighted by Crippen LogP contribution is 2.26. The van der Waals surface area contributed by atoms with E-state index in [1.54, 1.807) is 0 Å². The summed E-state index contributed by atoms with van der Waals surface area (Å²) in [7, 11) is 0. The molecular weight excluding hydrogens is 272 g/mol. The molecule has 1 aliphatic rings. The SMILES string of the molecule is O=C(Cc1ccc(Cl)cc1)c1ccc2c(c1)CCCO2. The van der Waals surface area contributed by atoms with Crippen molar-refractivity contribution >= 4 is 17.4 Å². The molecule has 102 valence electrons. The summed E-state index contributed by atoms with van der Waals surface area (Å²) < 4.78 is 5.56. The molecule has 0 saturated carbocycles. The Balaban J connectivity index is 1.78. The predicted molar refractivity (Wildman–Crippen MR) is 79.7 cm³/mol. The quantitative estimate of drug-likeness (QED) is 0.795. The van der Waals surface area contributed by atoms with Crippen LogP contribution in [-0.2, 0) is 12.8 Å². The summed E-state index contributed by atoms with van der Waals surface area (Å²) in [5, 5.41) is 0.687. The minimum absolute atomic E-state index is 0.126. The highest BCUT2D eigenvalue weighted by molar-refractivity contribution is 6.30. The van der Waals surface area contributed by atoms with E-state index in [0.29, 0.717) is 11.4 Å². The van der Waals surface area contributed by atoms with Crippen molar-refractivity contribution in [3.8, 4) is 5.75 Å². The molecule has 2 nitrogen and oxygen atoms in total. The van der Waals surface area contributed by atoms with E-state index < -0.39 is 0 Å². The number of Topliss-reactive ketones (excluding diaryl/α,β-unsaturated/α-hetero) is 1. The number of carbonyl (C=O) groups excluding carboxylic acids is 1. The van der Waals surface area contributed by atoms with E-state index in [2.05, 4.69) is 0 Å². The monoisotopic (exact) mass is 286 g/mol. The minimum atomic E-state index is 0.126. The number of hydrogen-bond donors (Lipinski definition) is 0. The Morgan fingerprint density at radius 2 is 1.95 bits per heavy atom. The summed E-state index contributed by atoms with van der Waals surface area (Å²) >= 11 is 5.85. The summed E-state index contributed by atoms with van der Waals surface area (Å²) in [5.74, 6) is 1.04. The molecule has 0 bridgehead atoms. The summed E-state index contributed by atoms with van der Waals surface area (Å²) in [4.78, 5) is 12.3. The van der Waals surface area contributed by atoms with Crippen molar-refractivity contribution in [1.82, 2.24) is 0 Å². The Hall–Kier alpha value is -1.80. The number of ketones is 1. The van der Waals surface area contributed by atoms with Crippen molar-refractivity contribution in [3.63, 3.8) is 0 Å². The smallest absolute Gasteiger partial charge is 0.167 e. The van der Waals surface area contributed by atoms with Crippen molar-refractivity contribution in [3.05, 3.63) is 64.2 Å². The number of benzene rings is 2. The Labute approximate surface area is 123 Å². The molecule has 1 aliphatic heterocycles. The molecule has 0 spiro atoms. The fraction of sp³-hybridized carbons (Fsp3) is 0.235. The first-order valence-electron chi connectivity index (χ1n) is 6.76. The van der Waals surface area contributed by atoms with E-state index >= 15 is 0 Å². The van der Waals surface area contributed by atoms with Crippen LogP contribution in [0, 0.1) is 0 Å². The van der Waals surface area contributed by atoms with E-state index in [-0.39, 0.29) is 5.78 Å². The number of ether oxygens (including phenoxy) is 1. The average molecular weight is 287 g/mol. The molecular formula is C17H15ClO2. The van der Waals surface area contributed by atoms with Crippen molar-refractivity contribution in [2.24, 2.45) is 0 Å². The number of halogens is 1. The second-order valence-electron chi connectivity index (χ2n) is 5.00. The molecule has 0 unspecified atom stereocenters. The van der Waals surface area contributed by atoms with Gasteiger partial charge in [0.1, 0.15) is 5.75 Å². The van der Waals surface area contributed by atoms with Gasteiger partial charge >= 0.3 is 0 Å². The molecule has 2 aromatic carbocycles. The van der Waals surface area contributed by atoms with Gasteiger partial charge in [0.15, 0.2) is 5.78 Å². The third kappa shape index (κ3) is 2.86. The zero-order chi connectivity index (χ0) is 13.9. The molecule has 0 amide bonds. The van der Waals surface area contributed by atoms with Crippen LogP contribution in [0.25, 0.3) is 0 Å². The maximum Gasteiger partial charge on any atom is 0.167 e. The first-order chi connectivity index (χ1) is 9.72. The topological polar surface area (TPSA) is 26.3 Å². The maximum absolute atomic E-state index is 12.3. The molecule has 3 heteroatoms. The zero-order valence-electron chi connectivity index (χ0n) is 11.1. The van der Waals surface area contributed by atoms with Crippen LogP contribution in [-0.4, -0.2) is 12.4 Å². The molecule has 0 saturated heterocycles. The van der Waals surface area contributed by atoms with Crippen LogP contribution in [0.4, 0.5) is 0 Å². The molecule has 2 aromatic rings. The van der Waals surface area contributed by atoms with Crippen LogP contribution < -0.4 is 4.74 Å². The van der Waals surface area contributed by atoms with Gasteiger partial charge in [-0.1, -0.05) is 23.7 Å². The van der Waals surface area contributed by atoms with Crippen LogP contribution in [0.15, 0.2) is 42.5 Å². The van der Waals surface area contributed by atoms with E-state index in [0.717, 1.165) is 41.9 Å². The lowest BCUT2D eigenvalue weighted by Gasteiger charge is -2.17. The van der Waals surface area contributed by atoms with E-state index in [9.17, 15) is 4.79 Å². The van der Waals surface area contributed by atoms with Crippen LogP contribution in [0.5, 0.6) is 5.75 Å². The van der Waals surface area contributed by atoms with Gasteiger partial charge in [0.2, 0.25) is 0 Å². The molecule has 0 aliphatic carbocycles. The third-order valence-corrected chi connectivity index (χ3v) is 3.76. The van der Waals surface area contributed by atoms with Gasteiger partial charge in [0.25, 0.3) is 0 Å². The Morgan fingerprint density at radius 1 is 1.15 bits per heavy atom. The Morgan fingerprint density at radius 3 is 2.75 bits per heavy atom. The van der Waals surface area contributed by atoms with Crippen LogP contribution >= 0.6 is 11.6 Å². The molecule has 0 fully saturated rings. The van der Waals surface area contributed by atoms with E-state index in [4.69, 9.17) is 16.3 Å². The number of carbonyl (C=O) groups is 1. The van der Waals surface area contributed by atoms with Gasteiger partial charge < -0.3 is 4.74 Å². The second kappa shape index (κ2) is 5.68. The van der Waals surface area contributed by atoms with E-state index in [1.807, 2.05) is 42.5 Å².